The molecule has 21 heavy (non-hydrogen) atoms. The van der Waals surface area contributed by atoms with Gasteiger partial charge in [-0.05, 0) is 25.0 Å². The van der Waals surface area contributed by atoms with E-state index in [0.29, 0.717) is 18.7 Å². The van der Waals surface area contributed by atoms with Crippen LogP contribution in [0.2, 0.25) is 0 Å². The zero-order chi connectivity index (χ0) is 15.2. The summed E-state index contributed by atoms with van der Waals surface area (Å²) in [6, 6.07) is 6.11. The normalized spacial score (nSPS) is 13.8. The van der Waals surface area contributed by atoms with Crippen LogP contribution < -0.4 is 5.32 Å². The lowest BCUT2D eigenvalue weighted by atomic mass is 10.2. The highest BCUT2D eigenvalue weighted by Crippen LogP contribution is 2.22. The van der Waals surface area contributed by atoms with E-state index in [1.165, 1.54) is 12.1 Å². The predicted molar refractivity (Wildman–Crippen MR) is 76.7 cm³/mol. The van der Waals surface area contributed by atoms with Crippen molar-refractivity contribution in [1.29, 1.82) is 5.26 Å². The third-order valence-electron chi connectivity index (χ3n) is 3.44. The van der Waals surface area contributed by atoms with Crippen molar-refractivity contribution in [2.45, 2.75) is 19.3 Å². The first kappa shape index (κ1) is 14.8. The number of nitriles is 1. The van der Waals surface area contributed by atoms with E-state index < -0.39 is 4.92 Å². The summed E-state index contributed by atoms with van der Waals surface area (Å²) in [6.45, 7) is 2.06. The quantitative estimate of drug-likeness (QED) is 0.658. The lowest BCUT2D eigenvalue weighted by molar-refractivity contribution is -0.385. The number of nitro benzene ring substituents is 1. The molecule has 1 aliphatic heterocycles. The van der Waals surface area contributed by atoms with Crippen LogP contribution in [-0.4, -0.2) is 35.4 Å². The van der Waals surface area contributed by atoms with Crippen molar-refractivity contribution in [2.75, 3.05) is 25.0 Å². The van der Waals surface area contributed by atoms with Crippen molar-refractivity contribution in [2.24, 2.45) is 0 Å². The topological polar surface area (TPSA) is 99.3 Å². The van der Waals surface area contributed by atoms with Crippen LogP contribution in [0, 0.1) is 21.4 Å². The molecule has 2 rings (SSSR count). The fourth-order valence-corrected chi connectivity index (χ4v) is 2.33. The minimum atomic E-state index is -0.584. The minimum absolute atomic E-state index is 0.0266. The van der Waals surface area contributed by atoms with Crippen molar-refractivity contribution >= 4 is 17.3 Å². The molecule has 0 unspecified atom stereocenters. The van der Waals surface area contributed by atoms with Crippen molar-refractivity contribution in [3.05, 3.63) is 33.9 Å². The molecular weight excluding hydrogens is 272 g/mol. The van der Waals surface area contributed by atoms with E-state index in [1.54, 1.807) is 12.1 Å². The second-order valence-corrected chi connectivity index (χ2v) is 4.87. The van der Waals surface area contributed by atoms with E-state index in [2.05, 4.69) is 5.32 Å². The van der Waals surface area contributed by atoms with Crippen LogP contribution in [0.4, 0.5) is 11.4 Å². The van der Waals surface area contributed by atoms with Crippen LogP contribution >= 0.6 is 0 Å². The van der Waals surface area contributed by atoms with Crippen molar-refractivity contribution < 1.29 is 9.72 Å². The Kier molecular flexibility index (Phi) is 4.72. The molecule has 1 amide bonds. The van der Waals surface area contributed by atoms with E-state index in [4.69, 9.17) is 5.26 Å². The SMILES string of the molecule is N#Cc1ccc(NCCC(=O)N2CCCC2)cc1[N+](=O)[O-]. The van der Waals surface area contributed by atoms with Gasteiger partial charge in [-0.15, -0.1) is 0 Å². The van der Waals surface area contributed by atoms with Gasteiger partial charge < -0.3 is 10.2 Å². The smallest absolute Gasteiger partial charge is 0.289 e. The number of rotatable bonds is 5. The average Bonchev–Trinajstić information content (AvgIpc) is 3.01. The molecule has 1 N–H and O–H groups in total. The third-order valence-corrected chi connectivity index (χ3v) is 3.44. The van der Waals surface area contributed by atoms with Gasteiger partial charge in [-0.1, -0.05) is 0 Å². The van der Waals surface area contributed by atoms with Gasteiger partial charge in [-0.2, -0.15) is 5.26 Å². The molecule has 7 heteroatoms. The number of carbonyl (C=O) groups is 1. The number of likely N-dealkylation sites (tertiary alicyclic amines) is 1. The molecule has 0 aliphatic carbocycles. The maximum absolute atomic E-state index is 11.8. The number of amides is 1. The summed E-state index contributed by atoms with van der Waals surface area (Å²) < 4.78 is 0. The first-order valence-electron chi connectivity index (χ1n) is 6.82. The Bertz CT molecular complexity index is 588. The van der Waals surface area contributed by atoms with Crippen molar-refractivity contribution in [3.63, 3.8) is 0 Å². The van der Waals surface area contributed by atoms with Crippen LogP contribution in [0.5, 0.6) is 0 Å². The number of nitrogens with zero attached hydrogens (tertiary/aromatic N) is 3. The molecule has 0 spiro atoms. The molecule has 1 heterocycles. The molecule has 0 bridgehead atoms. The highest BCUT2D eigenvalue weighted by atomic mass is 16.6. The average molecular weight is 288 g/mol. The molecule has 0 radical (unpaired) electrons. The summed E-state index contributed by atoms with van der Waals surface area (Å²) in [5.41, 5.74) is 0.335. The standard InChI is InChI=1S/C14H16N4O3/c15-10-11-3-4-12(9-13(11)18(20)21)16-6-5-14(19)17-7-1-2-8-17/h3-4,9,16H,1-2,5-8H2. The largest absolute Gasteiger partial charge is 0.384 e. The van der Waals surface area contributed by atoms with Crippen molar-refractivity contribution in [3.8, 4) is 6.07 Å². The highest BCUT2D eigenvalue weighted by Gasteiger charge is 2.17. The first-order chi connectivity index (χ1) is 10.1. The summed E-state index contributed by atoms with van der Waals surface area (Å²) in [5.74, 6) is 0.100. The number of nitrogens with one attached hydrogen (secondary N) is 1. The minimum Gasteiger partial charge on any atom is -0.384 e. The van der Waals surface area contributed by atoms with E-state index in [9.17, 15) is 14.9 Å². The number of nitro groups is 1. The Morgan fingerprint density at radius 3 is 2.76 bits per heavy atom. The third kappa shape index (κ3) is 3.69. The fraction of sp³-hybridized carbons (Fsp3) is 0.429. The van der Waals surface area contributed by atoms with E-state index in [-0.39, 0.29) is 17.2 Å². The summed E-state index contributed by atoms with van der Waals surface area (Å²) in [6.07, 6.45) is 2.47. The second kappa shape index (κ2) is 6.70. The second-order valence-electron chi connectivity index (χ2n) is 4.87. The number of carbonyl (C=O) groups excluding carboxylic acids is 1. The van der Waals surface area contributed by atoms with Gasteiger partial charge in [0, 0.05) is 37.8 Å². The summed E-state index contributed by atoms with van der Waals surface area (Å²) in [7, 11) is 0. The zero-order valence-electron chi connectivity index (χ0n) is 11.5. The van der Waals surface area contributed by atoms with Crippen LogP contribution in [0.3, 0.4) is 0 Å². The maximum Gasteiger partial charge on any atom is 0.289 e. The van der Waals surface area contributed by atoms with Crippen LogP contribution in [0.25, 0.3) is 0 Å². The van der Waals surface area contributed by atoms with E-state index >= 15 is 0 Å². The molecule has 1 aliphatic rings. The number of hydrogen-bond donors (Lipinski definition) is 1. The lowest BCUT2D eigenvalue weighted by Crippen LogP contribution is -2.29. The lowest BCUT2D eigenvalue weighted by Gasteiger charge is -2.15. The Hall–Kier alpha value is -2.62. The Morgan fingerprint density at radius 1 is 1.43 bits per heavy atom. The fourth-order valence-electron chi connectivity index (χ4n) is 2.33. The summed E-state index contributed by atoms with van der Waals surface area (Å²) >= 11 is 0. The molecule has 110 valence electrons. The number of hydrogen-bond acceptors (Lipinski definition) is 5. The predicted octanol–water partition coefficient (Wildman–Crippen LogP) is 1.89. The van der Waals surface area contributed by atoms with Gasteiger partial charge >= 0.3 is 0 Å². The Labute approximate surface area is 122 Å². The van der Waals surface area contributed by atoms with Gasteiger partial charge in [0.2, 0.25) is 5.91 Å². The number of anilines is 1. The van der Waals surface area contributed by atoms with Gasteiger partial charge in [0.05, 0.1) is 4.92 Å². The molecule has 0 saturated carbocycles. The van der Waals surface area contributed by atoms with Crippen LogP contribution in [0.1, 0.15) is 24.8 Å². The Balaban J connectivity index is 1.91. The molecule has 0 atom stereocenters. The molecule has 1 fully saturated rings. The molecule has 0 aromatic heterocycles. The number of benzene rings is 1. The molecule has 7 nitrogen and oxygen atoms in total. The molecule has 1 aromatic carbocycles. The van der Waals surface area contributed by atoms with Gasteiger partial charge in [0.1, 0.15) is 11.6 Å². The Morgan fingerprint density at radius 2 is 2.14 bits per heavy atom. The van der Waals surface area contributed by atoms with Gasteiger partial charge in [0.25, 0.3) is 5.69 Å². The van der Waals surface area contributed by atoms with Gasteiger partial charge in [0.15, 0.2) is 0 Å². The van der Waals surface area contributed by atoms with Crippen LogP contribution in [-0.2, 0) is 4.79 Å². The van der Waals surface area contributed by atoms with E-state index in [1.807, 2.05) is 4.90 Å². The zero-order valence-corrected chi connectivity index (χ0v) is 11.5. The van der Waals surface area contributed by atoms with Gasteiger partial charge in [-0.3, -0.25) is 14.9 Å². The summed E-state index contributed by atoms with van der Waals surface area (Å²) in [5, 5.41) is 22.6. The monoisotopic (exact) mass is 288 g/mol. The molecule has 1 saturated heterocycles. The highest BCUT2D eigenvalue weighted by molar-refractivity contribution is 5.77. The molecule has 1 aromatic rings. The van der Waals surface area contributed by atoms with E-state index in [0.717, 1.165) is 25.9 Å². The van der Waals surface area contributed by atoms with Crippen LogP contribution in [0.15, 0.2) is 18.2 Å². The van der Waals surface area contributed by atoms with Crippen molar-refractivity contribution in [1.82, 2.24) is 4.90 Å². The summed E-state index contributed by atoms with van der Waals surface area (Å²) in [4.78, 5) is 24.0. The molecular formula is C14H16N4O3. The first-order valence-corrected chi connectivity index (χ1v) is 6.82. The maximum atomic E-state index is 11.8. The van der Waals surface area contributed by atoms with Gasteiger partial charge in [-0.25, -0.2) is 0 Å².